The van der Waals surface area contributed by atoms with Gasteiger partial charge in [0, 0.05) is 18.9 Å². The van der Waals surface area contributed by atoms with Crippen molar-refractivity contribution in [3.63, 3.8) is 0 Å². The van der Waals surface area contributed by atoms with Crippen molar-refractivity contribution in [3.8, 4) is 11.5 Å². The van der Waals surface area contributed by atoms with E-state index in [1.165, 1.54) is 6.20 Å². The number of rotatable bonds is 5. The van der Waals surface area contributed by atoms with Gasteiger partial charge in [0.25, 0.3) is 5.91 Å². The van der Waals surface area contributed by atoms with Gasteiger partial charge in [0.2, 0.25) is 0 Å². The maximum Gasteiger partial charge on any atom is 0.256 e. The number of hydrogen-bond donors (Lipinski definition) is 2. The fourth-order valence-corrected chi connectivity index (χ4v) is 1.66. The third-order valence-corrected chi connectivity index (χ3v) is 2.77. The van der Waals surface area contributed by atoms with Crippen molar-refractivity contribution in [2.45, 2.75) is 19.8 Å². The summed E-state index contributed by atoms with van der Waals surface area (Å²) in [7, 11) is 0. The molecule has 0 fully saturated rings. The van der Waals surface area contributed by atoms with Crippen LogP contribution in [0, 0.1) is 0 Å². The van der Waals surface area contributed by atoms with Crippen molar-refractivity contribution in [2.75, 3.05) is 12.3 Å². The summed E-state index contributed by atoms with van der Waals surface area (Å²) in [5.74, 6) is 0.325. The first-order valence-electron chi connectivity index (χ1n) is 6.54. The summed E-state index contributed by atoms with van der Waals surface area (Å²) in [6, 6.07) is 5.44. The quantitative estimate of drug-likeness (QED) is 0.806. The van der Waals surface area contributed by atoms with E-state index < -0.39 is 0 Å². The third kappa shape index (κ3) is 3.28. The minimum Gasteiger partial charge on any atom is -0.383 e. The molecule has 0 saturated heterocycles. The molecule has 0 spiro atoms. The van der Waals surface area contributed by atoms with Crippen LogP contribution in [-0.2, 0) is 0 Å². The molecule has 0 aliphatic carbocycles. The molecule has 0 radical (unpaired) electrons. The number of hydrogen-bond acceptors (Lipinski definition) is 5. The van der Waals surface area contributed by atoms with Gasteiger partial charge in [-0.05, 0) is 18.6 Å². The number of aromatic nitrogens is 3. The van der Waals surface area contributed by atoms with Gasteiger partial charge in [-0.2, -0.15) is 0 Å². The molecule has 6 heteroatoms. The number of nitrogens with zero attached hydrogens (tertiary/aromatic N) is 3. The molecule has 0 aliphatic heterocycles. The van der Waals surface area contributed by atoms with Gasteiger partial charge < -0.3 is 11.1 Å². The second-order valence-corrected chi connectivity index (χ2v) is 4.32. The van der Waals surface area contributed by atoms with E-state index in [4.69, 9.17) is 5.73 Å². The lowest BCUT2D eigenvalue weighted by Crippen LogP contribution is -2.25. The topological polar surface area (TPSA) is 93.8 Å². The number of unbranched alkanes of at least 4 members (excludes halogenated alkanes) is 1. The zero-order chi connectivity index (χ0) is 14.4. The first kappa shape index (κ1) is 13.9. The summed E-state index contributed by atoms with van der Waals surface area (Å²) < 4.78 is 0. The average molecular weight is 271 g/mol. The molecule has 6 nitrogen and oxygen atoms in total. The second kappa shape index (κ2) is 6.60. The normalized spacial score (nSPS) is 10.2. The van der Waals surface area contributed by atoms with E-state index in [9.17, 15) is 4.79 Å². The molecule has 0 unspecified atom stereocenters. The predicted molar refractivity (Wildman–Crippen MR) is 76.9 cm³/mol. The molecule has 0 aliphatic rings. The Bertz CT molecular complexity index is 585. The Kier molecular flexibility index (Phi) is 4.60. The van der Waals surface area contributed by atoms with Crippen LogP contribution < -0.4 is 11.1 Å². The lowest BCUT2D eigenvalue weighted by molar-refractivity contribution is 0.0953. The van der Waals surface area contributed by atoms with Gasteiger partial charge in [-0.1, -0.05) is 19.4 Å². The van der Waals surface area contributed by atoms with Gasteiger partial charge in [0.15, 0.2) is 5.82 Å². The molecule has 2 heterocycles. The third-order valence-electron chi connectivity index (χ3n) is 2.77. The van der Waals surface area contributed by atoms with Crippen molar-refractivity contribution in [1.82, 2.24) is 20.3 Å². The van der Waals surface area contributed by atoms with E-state index >= 15 is 0 Å². The standard InChI is InChI=1S/C14H17N5O/c1-2-3-7-17-14(20)10-9-18-13(19-12(10)15)11-6-4-5-8-16-11/h4-6,8-9H,2-3,7H2,1H3,(H,17,20)(H2,15,18,19). The smallest absolute Gasteiger partial charge is 0.256 e. The first-order chi connectivity index (χ1) is 9.72. The van der Waals surface area contributed by atoms with Gasteiger partial charge in [0.1, 0.15) is 11.5 Å². The van der Waals surface area contributed by atoms with E-state index in [1.807, 2.05) is 12.1 Å². The van der Waals surface area contributed by atoms with Crippen LogP contribution in [0.2, 0.25) is 0 Å². The highest BCUT2D eigenvalue weighted by Gasteiger charge is 2.13. The summed E-state index contributed by atoms with van der Waals surface area (Å²) in [5.41, 5.74) is 6.74. The fraction of sp³-hybridized carbons (Fsp3) is 0.286. The van der Waals surface area contributed by atoms with Crippen LogP contribution in [0.15, 0.2) is 30.6 Å². The number of amides is 1. The van der Waals surface area contributed by atoms with Crippen molar-refractivity contribution >= 4 is 11.7 Å². The van der Waals surface area contributed by atoms with Crippen molar-refractivity contribution in [2.24, 2.45) is 0 Å². The van der Waals surface area contributed by atoms with E-state index in [-0.39, 0.29) is 11.7 Å². The molecule has 0 saturated carbocycles. The number of nitrogens with two attached hydrogens (primary N) is 1. The van der Waals surface area contributed by atoms with E-state index in [2.05, 4.69) is 27.2 Å². The number of nitrogen functional groups attached to an aromatic ring is 1. The van der Waals surface area contributed by atoms with Crippen LogP contribution in [0.1, 0.15) is 30.1 Å². The number of pyridine rings is 1. The molecule has 3 N–H and O–H groups in total. The highest BCUT2D eigenvalue weighted by molar-refractivity contribution is 5.98. The molecule has 104 valence electrons. The highest BCUT2D eigenvalue weighted by Crippen LogP contribution is 2.14. The number of carbonyl (C=O) groups excluding carboxylic acids is 1. The van der Waals surface area contributed by atoms with Gasteiger partial charge >= 0.3 is 0 Å². The minimum absolute atomic E-state index is 0.162. The molecule has 0 bridgehead atoms. The molecular weight excluding hydrogens is 254 g/mol. The molecule has 2 aromatic heterocycles. The minimum atomic E-state index is -0.247. The average Bonchev–Trinajstić information content (AvgIpc) is 2.48. The largest absolute Gasteiger partial charge is 0.383 e. The summed E-state index contributed by atoms with van der Waals surface area (Å²) in [6.07, 6.45) is 5.04. The Morgan fingerprint density at radius 1 is 1.35 bits per heavy atom. The lowest BCUT2D eigenvalue weighted by atomic mass is 10.2. The van der Waals surface area contributed by atoms with Crippen molar-refractivity contribution < 1.29 is 4.79 Å². The van der Waals surface area contributed by atoms with E-state index in [0.29, 0.717) is 23.6 Å². The first-order valence-corrected chi connectivity index (χ1v) is 6.54. The Morgan fingerprint density at radius 2 is 2.20 bits per heavy atom. The zero-order valence-corrected chi connectivity index (χ0v) is 11.3. The summed E-state index contributed by atoms with van der Waals surface area (Å²) in [6.45, 7) is 2.68. The van der Waals surface area contributed by atoms with E-state index in [1.54, 1.807) is 12.3 Å². The Balaban J connectivity index is 2.16. The molecule has 0 atom stereocenters. The molecular formula is C14H17N5O. The number of anilines is 1. The molecule has 0 aromatic carbocycles. The van der Waals surface area contributed by atoms with Crippen LogP contribution in [-0.4, -0.2) is 27.4 Å². The van der Waals surface area contributed by atoms with Gasteiger partial charge in [-0.3, -0.25) is 9.78 Å². The summed E-state index contributed by atoms with van der Waals surface area (Å²) in [5, 5.41) is 2.79. The fourth-order valence-electron chi connectivity index (χ4n) is 1.66. The molecule has 20 heavy (non-hydrogen) atoms. The highest BCUT2D eigenvalue weighted by atomic mass is 16.1. The lowest BCUT2D eigenvalue weighted by Gasteiger charge is -2.07. The second-order valence-electron chi connectivity index (χ2n) is 4.32. The van der Waals surface area contributed by atoms with Crippen LogP contribution in [0.3, 0.4) is 0 Å². The van der Waals surface area contributed by atoms with Crippen LogP contribution in [0.5, 0.6) is 0 Å². The SMILES string of the molecule is CCCCNC(=O)c1cnc(-c2ccccn2)nc1N. The summed E-state index contributed by atoms with van der Waals surface area (Å²) >= 11 is 0. The maximum absolute atomic E-state index is 11.9. The Morgan fingerprint density at radius 3 is 2.85 bits per heavy atom. The van der Waals surface area contributed by atoms with Crippen LogP contribution in [0.25, 0.3) is 11.5 Å². The van der Waals surface area contributed by atoms with E-state index in [0.717, 1.165) is 12.8 Å². The Hall–Kier alpha value is -2.50. The molecule has 1 amide bonds. The monoisotopic (exact) mass is 271 g/mol. The zero-order valence-electron chi connectivity index (χ0n) is 11.3. The van der Waals surface area contributed by atoms with Crippen LogP contribution in [0.4, 0.5) is 5.82 Å². The van der Waals surface area contributed by atoms with Gasteiger partial charge in [-0.25, -0.2) is 9.97 Å². The van der Waals surface area contributed by atoms with Crippen LogP contribution >= 0.6 is 0 Å². The predicted octanol–water partition coefficient (Wildman–Crippen LogP) is 1.65. The maximum atomic E-state index is 11.9. The van der Waals surface area contributed by atoms with Crippen molar-refractivity contribution in [1.29, 1.82) is 0 Å². The van der Waals surface area contributed by atoms with Crippen molar-refractivity contribution in [3.05, 3.63) is 36.2 Å². The number of nitrogens with one attached hydrogen (secondary N) is 1. The van der Waals surface area contributed by atoms with Gasteiger partial charge in [0.05, 0.1) is 5.56 Å². The van der Waals surface area contributed by atoms with Gasteiger partial charge in [-0.15, -0.1) is 0 Å². The number of carbonyl (C=O) groups is 1. The Labute approximate surface area is 117 Å². The summed E-state index contributed by atoms with van der Waals surface area (Å²) in [4.78, 5) is 24.3. The molecule has 2 rings (SSSR count). The molecule has 2 aromatic rings.